The normalized spacial score (nSPS) is 16.9. The van der Waals surface area contributed by atoms with Gasteiger partial charge in [0.2, 0.25) is 11.9 Å². The van der Waals surface area contributed by atoms with Gasteiger partial charge in [0.15, 0.2) is 0 Å². The maximum Gasteiger partial charge on any atom is 0.416 e. The fourth-order valence-electron chi connectivity index (χ4n) is 4.17. The summed E-state index contributed by atoms with van der Waals surface area (Å²) in [6.45, 7) is 4.60. The van der Waals surface area contributed by atoms with Crippen LogP contribution in [0.5, 0.6) is 0 Å². The average molecular weight is 456 g/mol. The second-order valence-corrected chi connectivity index (χ2v) is 7.96. The number of hydrogen-bond donors (Lipinski definition) is 1. The molecule has 1 aliphatic heterocycles. The van der Waals surface area contributed by atoms with Crippen molar-refractivity contribution in [1.82, 2.24) is 14.5 Å². The number of carbonyl (C=O) groups is 2. The van der Waals surface area contributed by atoms with E-state index in [0.717, 1.165) is 36.9 Å². The van der Waals surface area contributed by atoms with Gasteiger partial charge in [0.05, 0.1) is 22.6 Å². The molecule has 0 radical (unpaired) electrons. The standard InChI is InChI=1S/C24H23F3N4O2/c1-2-21(32)30-13-6-5-10-18(15-30)31-20-12-4-3-11-19(20)28-23(31)29-22(33)16-8-7-9-17(14-16)24(25,26)27/h2-4,7-9,11-12,14,18H,1,5-6,10,13,15H2,(H,28,29,33). The van der Waals surface area contributed by atoms with E-state index in [1.165, 1.54) is 18.2 Å². The van der Waals surface area contributed by atoms with Crippen LogP contribution in [0.25, 0.3) is 11.0 Å². The van der Waals surface area contributed by atoms with Gasteiger partial charge in [0.25, 0.3) is 5.91 Å². The molecule has 1 aromatic heterocycles. The zero-order valence-corrected chi connectivity index (χ0v) is 17.8. The van der Waals surface area contributed by atoms with Gasteiger partial charge in [0, 0.05) is 18.7 Å². The average Bonchev–Trinajstić information content (AvgIpc) is 2.98. The Bertz CT molecular complexity index is 1200. The lowest BCUT2D eigenvalue weighted by Crippen LogP contribution is -2.34. The number of hydrogen-bond acceptors (Lipinski definition) is 3. The highest BCUT2D eigenvalue weighted by molar-refractivity contribution is 6.04. The van der Waals surface area contributed by atoms with E-state index in [0.29, 0.717) is 18.6 Å². The van der Waals surface area contributed by atoms with E-state index in [9.17, 15) is 22.8 Å². The molecule has 1 atom stereocenters. The number of para-hydroxylation sites is 2. The molecule has 1 aliphatic rings. The molecule has 2 amide bonds. The van der Waals surface area contributed by atoms with E-state index >= 15 is 0 Å². The van der Waals surface area contributed by atoms with E-state index in [1.54, 1.807) is 11.0 Å². The van der Waals surface area contributed by atoms with Crippen molar-refractivity contribution in [2.24, 2.45) is 0 Å². The number of fused-ring (bicyclic) bond motifs is 1. The van der Waals surface area contributed by atoms with E-state index in [1.807, 2.05) is 22.8 Å². The Labute approximate surface area is 188 Å². The van der Waals surface area contributed by atoms with Crippen LogP contribution in [0, 0.1) is 0 Å². The molecular formula is C24H23F3N4O2. The summed E-state index contributed by atoms with van der Waals surface area (Å²) >= 11 is 0. The van der Waals surface area contributed by atoms with Crippen molar-refractivity contribution in [2.75, 3.05) is 18.4 Å². The van der Waals surface area contributed by atoms with E-state index in [4.69, 9.17) is 0 Å². The number of benzene rings is 2. The van der Waals surface area contributed by atoms with Crippen LogP contribution >= 0.6 is 0 Å². The van der Waals surface area contributed by atoms with Gasteiger partial charge in [-0.3, -0.25) is 14.9 Å². The predicted octanol–water partition coefficient (Wildman–Crippen LogP) is 5.05. The number of nitrogens with one attached hydrogen (secondary N) is 1. The molecule has 0 bridgehead atoms. The molecule has 2 aromatic carbocycles. The second-order valence-electron chi connectivity index (χ2n) is 7.96. The molecule has 6 nitrogen and oxygen atoms in total. The molecule has 1 N–H and O–H groups in total. The van der Waals surface area contributed by atoms with Crippen LogP contribution < -0.4 is 5.32 Å². The lowest BCUT2D eigenvalue weighted by Gasteiger charge is -2.26. The summed E-state index contributed by atoms with van der Waals surface area (Å²) < 4.78 is 41.1. The maximum atomic E-state index is 13.1. The van der Waals surface area contributed by atoms with E-state index in [2.05, 4.69) is 16.9 Å². The molecule has 172 valence electrons. The summed E-state index contributed by atoms with van der Waals surface area (Å²) in [7, 11) is 0. The lowest BCUT2D eigenvalue weighted by molar-refractivity contribution is -0.137. The van der Waals surface area contributed by atoms with Crippen molar-refractivity contribution >= 4 is 28.8 Å². The lowest BCUT2D eigenvalue weighted by atomic mass is 10.1. The summed E-state index contributed by atoms with van der Waals surface area (Å²) in [4.78, 5) is 31.4. The molecule has 2 heterocycles. The zero-order chi connectivity index (χ0) is 23.6. The molecule has 1 fully saturated rings. The van der Waals surface area contributed by atoms with Crippen LogP contribution in [0.3, 0.4) is 0 Å². The number of nitrogens with zero attached hydrogens (tertiary/aromatic N) is 3. The summed E-state index contributed by atoms with van der Waals surface area (Å²) in [6.07, 6.45) is -0.795. The van der Waals surface area contributed by atoms with Crippen LogP contribution in [0.4, 0.5) is 19.1 Å². The predicted molar refractivity (Wildman–Crippen MR) is 119 cm³/mol. The van der Waals surface area contributed by atoms with Gasteiger partial charge in [-0.25, -0.2) is 4.98 Å². The fourth-order valence-corrected chi connectivity index (χ4v) is 4.17. The minimum absolute atomic E-state index is 0.118. The second kappa shape index (κ2) is 9.09. The zero-order valence-electron chi connectivity index (χ0n) is 17.8. The van der Waals surface area contributed by atoms with Crippen molar-refractivity contribution in [3.63, 3.8) is 0 Å². The van der Waals surface area contributed by atoms with E-state index < -0.39 is 17.6 Å². The van der Waals surface area contributed by atoms with Gasteiger partial charge < -0.3 is 9.47 Å². The Morgan fingerprint density at radius 1 is 1.12 bits per heavy atom. The molecule has 9 heteroatoms. The highest BCUT2D eigenvalue weighted by Gasteiger charge is 2.31. The number of amides is 2. The molecule has 0 aliphatic carbocycles. The summed E-state index contributed by atoms with van der Waals surface area (Å²) in [5, 5.41) is 2.69. The van der Waals surface area contributed by atoms with Gasteiger partial charge in [0.1, 0.15) is 0 Å². The Kier molecular flexibility index (Phi) is 6.22. The molecule has 3 aromatic rings. The highest BCUT2D eigenvalue weighted by atomic mass is 19.4. The van der Waals surface area contributed by atoms with Crippen LogP contribution in [-0.2, 0) is 11.0 Å². The maximum absolute atomic E-state index is 13.1. The van der Waals surface area contributed by atoms with Gasteiger partial charge in [-0.2, -0.15) is 13.2 Å². The smallest absolute Gasteiger partial charge is 0.337 e. The van der Waals surface area contributed by atoms with Crippen LogP contribution in [0.2, 0.25) is 0 Å². The number of rotatable bonds is 4. The van der Waals surface area contributed by atoms with Crippen molar-refractivity contribution in [3.8, 4) is 0 Å². The third-order valence-corrected chi connectivity index (χ3v) is 5.77. The first-order chi connectivity index (χ1) is 15.8. The molecule has 1 saturated heterocycles. The SMILES string of the molecule is C=CC(=O)N1CCCCC(n2c(NC(=O)c3cccc(C(F)(F)F)c3)nc3ccccc32)C1. The summed E-state index contributed by atoms with van der Waals surface area (Å²) in [5.41, 5.74) is 0.399. The number of alkyl halides is 3. The number of aromatic nitrogens is 2. The van der Waals surface area contributed by atoms with Crippen molar-refractivity contribution < 1.29 is 22.8 Å². The quantitative estimate of drug-likeness (QED) is 0.559. The fraction of sp³-hybridized carbons (Fsp3) is 0.292. The Hall–Kier alpha value is -3.62. The van der Waals surface area contributed by atoms with Crippen LogP contribution in [0.1, 0.15) is 41.2 Å². The third-order valence-electron chi connectivity index (χ3n) is 5.77. The topological polar surface area (TPSA) is 67.2 Å². The highest BCUT2D eigenvalue weighted by Crippen LogP contribution is 2.32. The Morgan fingerprint density at radius 2 is 1.91 bits per heavy atom. The molecular weight excluding hydrogens is 433 g/mol. The monoisotopic (exact) mass is 456 g/mol. The number of imidazole rings is 1. The molecule has 33 heavy (non-hydrogen) atoms. The van der Waals surface area contributed by atoms with Gasteiger partial charge >= 0.3 is 6.18 Å². The minimum Gasteiger partial charge on any atom is -0.337 e. The third kappa shape index (κ3) is 4.76. The molecule has 0 spiro atoms. The first kappa shape index (κ1) is 22.6. The molecule has 1 unspecified atom stereocenters. The number of carbonyl (C=O) groups excluding carboxylic acids is 2. The summed E-state index contributed by atoms with van der Waals surface area (Å²) in [6, 6.07) is 11.4. The first-order valence-corrected chi connectivity index (χ1v) is 10.6. The number of anilines is 1. The summed E-state index contributed by atoms with van der Waals surface area (Å²) in [5.74, 6) is -0.623. The number of halogens is 3. The van der Waals surface area contributed by atoms with Crippen molar-refractivity contribution in [3.05, 3.63) is 72.3 Å². The van der Waals surface area contributed by atoms with Crippen molar-refractivity contribution in [2.45, 2.75) is 31.5 Å². The van der Waals surface area contributed by atoms with Crippen LogP contribution in [-0.4, -0.2) is 39.4 Å². The van der Waals surface area contributed by atoms with Crippen molar-refractivity contribution in [1.29, 1.82) is 0 Å². The Balaban J connectivity index is 1.70. The number of likely N-dealkylation sites (tertiary alicyclic amines) is 1. The van der Waals surface area contributed by atoms with Crippen LogP contribution in [0.15, 0.2) is 61.2 Å². The molecule has 0 saturated carbocycles. The molecule has 4 rings (SSSR count). The van der Waals surface area contributed by atoms with Gasteiger partial charge in [-0.15, -0.1) is 0 Å². The minimum atomic E-state index is -4.55. The van der Waals surface area contributed by atoms with E-state index in [-0.39, 0.29) is 23.5 Å². The van der Waals surface area contributed by atoms with Gasteiger partial charge in [-0.1, -0.05) is 24.8 Å². The largest absolute Gasteiger partial charge is 0.416 e. The Morgan fingerprint density at radius 3 is 2.67 bits per heavy atom. The van der Waals surface area contributed by atoms with Gasteiger partial charge in [-0.05, 0) is 55.7 Å². The first-order valence-electron chi connectivity index (χ1n) is 10.6.